The first-order valence-electron chi connectivity index (χ1n) is 11.7. The number of para-hydroxylation sites is 1. The molecule has 1 amide bonds. The number of rotatable bonds is 4. The molecule has 0 aromatic heterocycles. The molecule has 182 valence electrons. The van der Waals surface area contributed by atoms with Crippen molar-refractivity contribution >= 4 is 21.6 Å². The molecule has 5 rings (SSSR count). The Kier molecular flexibility index (Phi) is 6.10. The number of carbonyl (C=O) groups is 1. The van der Waals surface area contributed by atoms with E-state index >= 15 is 0 Å². The van der Waals surface area contributed by atoms with Gasteiger partial charge >= 0.3 is 0 Å². The van der Waals surface area contributed by atoms with Gasteiger partial charge in [-0.2, -0.15) is 0 Å². The van der Waals surface area contributed by atoms with Gasteiger partial charge in [-0.1, -0.05) is 30.3 Å². The fourth-order valence-corrected chi connectivity index (χ4v) is 7.17. The Morgan fingerprint density at radius 2 is 1.65 bits per heavy atom. The van der Waals surface area contributed by atoms with Crippen LogP contribution in [0.1, 0.15) is 43.2 Å². The number of alkyl halides is 2. The van der Waals surface area contributed by atoms with E-state index in [2.05, 4.69) is 0 Å². The van der Waals surface area contributed by atoms with Crippen LogP contribution in [0.3, 0.4) is 0 Å². The molecule has 3 aliphatic rings. The van der Waals surface area contributed by atoms with Crippen LogP contribution in [0.25, 0.3) is 0 Å². The summed E-state index contributed by atoms with van der Waals surface area (Å²) in [5.41, 5.74) is 1.06. The molecule has 0 radical (unpaired) electrons. The molecule has 1 saturated carbocycles. The Hall–Kier alpha value is -2.52. The molecular formula is C25H28F2N2O4S. The predicted octanol–water partition coefficient (Wildman–Crippen LogP) is 4.12. The number of hydrogen-bond acceptors (Lipinski definition) is 4. The number of benzene rings is 2. The first-order valence-corrected chi connectivity index (χ1v) is 13.1. The minimum atomic E-state index is -3.92. The minimum absolute atomic E-state index is 0.0000609. The topological polar surface area (TPSA) is 66.9 Å². The van der Waals surface area contributed by atoms with Gasteiger partial charge in [0, 0.05) is 36.5 Å². The smallest absolute Gasteiger partial charge is 0.264 e. The van der Waals surface area contributed by atoms with Crippen molar-refractivity contribution in [1.29, 1.82) is 0 Å². The second-order valence-electron chi connectivity index (χ2n) is 9.39. The SMILES string of the molecule is O=C(C1CCC2(CC1)CN(S(=O)(=O)c1ccc(C(F)F)cc1)c1ccccc12)N1CCOCC1. The molecule has 0 N–H and O–H groups in total. The first-order chi connectivity index (χ1) is 16.3. The van der Waals surface area contributed by atoms with E-state index in [0.29, 0.717) is 51.4 Å². The van der Waals surface area contributed by atoms with Crippen LogP contribution in [0, 0.1) is 5.92 Å². The van der Waals surface area contributed by atoms with Gasteiger partial charge in [-0.25, -0.2) is 17.2 Å². The van der Waals surface area contributed by atoms with Crippen molar-refractivity contribution < 1.29 is 26.7 Å². The fourth-order valence-electron chi connectivity index (χ4n) is 5.60. The lowest BCUT2D eigenvalue weighted by atomic mass is 9.67. The molecule has 6 nitrogen and oxygen atoms in total. The molecular weight excluding hydrogens is 462 g/mol. The van der Waals surface area contributed by atoms with Crippen molar-refractivity contribution in [3.05, 3.63) is 59.7 Å². The van der Waals surface area contributed by atoms with Crippen LogP contribution in [0.15, 0.2) is 53.4 Å². The van der Waals surface area contributed by atoms with Crippen molar-refractivity contribution in [1.82, 2.24) is 4.90 Å². The van der Waals surface area contributed by atoms with E-state index in [-0.39, 0.29) is 27.7 Å². The second-order valence-corrected chi connectivity index (χ2v) is 11.3. The fraction of sp³-hybridized carbons (Fsp3) is 0.480. The monoisotopic (exact) mass is 490 g/mol. The largest absolute Gasteiger partial charge is 0.378 e. The maximum atomic E-state index is 13.5. The molecule has 1 aliphatic carbocycles. The Balaban J connectivity index is 1.38. The molecule has 2 fully saturated rings. The van der Waals surface area contributed by atoms with Crippen molar-refractivity contribution in [3.63, 3.8) is 0 Å². The van der Waals surface area contributed by atoms with E-state index in [4.69, 9.17) is 4.74 Å². The van der Waals surface area contributed by atoms with Crippen LogP contribution < -0.4 is 4.31 Å². The summed E-state index contributed by atoms with van der Waals surface area (Å²) in [4.78, 5) is 14.9. The Morgan fingerprint density at radius 3 is 2.29 bits per heavy atom. The van der Waals surface area contributed by atoms with Crippen LogP contribution in [0.4, 0.5) is 14.5 Å². The normalized spacial score (nSPS) is 25.1. The number of sulfonamides is 1. The number of fused-ring (bicyclic) bond motifs is 2. The number of anilines is 1. The van der Waals surface area contributed by atoms with E-state index in [0.717, 1.165) is 30.5 Å². The maximum Gasteiger partial charge on any atom is 0.264 e. The number of morpholine rings is 1. The van der Waals surface area contributed by atoms with Crippen LogP contribution >= 0.6 is 0 Å². The highest BCUT2D eigenvalue weighted by molar-refractivity contribution is 7.92. The van der Waals surface area contributed by atoms with Crippen molar-refractivity contribution in [2.45, 2.75) is 42.4 Å². The standard InChI is InChI=1S/C25H28F2N2O4S/c26-23(27)18-5-7-20(8-6-18)34(31,32)29-17-25(21-3-1-2-4-22(21)29)11-9-19(10-12-25)24(30)28-13-15-33-16-14-28/h1-8,19,23H,9-17H2. The summed E-state index contributed by atoms with van der Waals surface area (Å²) in [6.45, 7) is 2.69. The van der Waals surface area contributed by atoms with Gasteiger partial charge < -0.3 is 9.64 Å². The third kappa shape index (κ3) is 3.98. The average Bonchev–Trinajstić information content (AvgIpc) is 3.19. The Morgan fingerprint density at radius 1 is 1.00 bits per heavy atom. The number of carbonyl (C=O) groups excluding carboxylic acids is 1. The van der Waals surface area contributed by atoms with Gasteiger partial charge in [-0.05, 0) is 49.4 Å². The summed E-state index contributed by atoms with van der Waals surface area (Å²) in [6, 6.07) is 12.3. The first kappa shape index (κ1) is 23.2. The molecule has 1 saturated heterocycles. The second kappa shape index (κ2) is 8.92. The molecule has 0 bridgehead atoms. The van der Waals surface area contributed by atoms with Crippen molar-refractivity contribution in [2.75, 3.05) is 37.2 Å². The van der Waals surface area contributed by atoms with Gasteiger partial charge in [0.1, 0.15) is 0 Å². The lowest BCUT2D eigenvalue weighted by molar-refractivity contribution is -0.141. The molecule has 2 aromatic rings. The van der Waals surface area contributed by atoms with E-state index in [1.165, 1.54) is 16.4 Å². The summed E-state index contributed by atoms with van der Waals surface area (Å²) >= 11 is 0. The van der Waals surface area contributed by atoms with E-state index < -0.39 is 16.4 Å². The Bertz CT molecular complexity index is 1160. The number of ether oxygens (including phenoxy) is 1. The van der Waals surface area contributed by atoms with Crippen molar-refractivity contribution in [2.24, 2.45) is 5.92 Å². The van der Waals surface area contributed by atoms with E-state index in [9.17, 15) is 22.0 Å². The summed E-state index contributed by atoms with van der Waals surface area (Å²) in [5.74, 6) is 0.122. The molecule has 34 heavy (non-hydrogen) atoms. The average molecular weight is 491 g/mol. The molecule has 2 aliphatic heterocycles. The molecule has 0 atom stereocenters. The van der Waals surface area contributed by atoms with Gasteiger partial charge in [0.05, 0.1) is 23.8 Å². The zero-order chi connectivity index (χ0) is 23.9. The maximum absolute atomic E-state index is 13.5. The molecule has 1 spiro atoms. The molecule has 2 heterocycles. The third-order valence-corrected chi connectivity index (χ3v) is 9.30. The van der Waals surface area contributed by atoms with E-state index in [1.54, 1.807) is 6.07 Å². The lowest BCUT2D eigenvalue weighted by Gasteiger charge is -2.39. The third-order valence-electron chi connectivity index (χ3n) is 7.53. The van der Waals surface area contributed by atoms with E-state index in [1.807, 2.05) is 23.1 Å². The lowest BCUT2D eigenvalue weighted by Crippen LogP contribution is -2.46. The van der Waals surface area contributed by atoms with Gasteiger partial charge in [0.2, 0.25) is 5.91 Å². The minimum Gasteiger partial charge on any atom is -0.378 e. The molecule has 2 aromatic carbocycles. The summed E-state index contributed by atoms with van der Waals surface area (Å²) in [6.07, 6.45) is 0.216. The number of nitrogens with zero attached hydrogens (tertiary/aromatic N) is 2. The zero-order valence-electron chi connectivity index (χ0n) is 18.8. The van der Waals surface area contributed by atoms with Gasteiger partial charge in [-0.3, -0.25) is 9.10 Å². The Labute approximate surface area is 198 Å². The highest BCUT2D eigenvalue weighted by Gasteiger charge is 2.49. The number of amides is 1. The van der Waals surface area contributed by atoms with Crippen LogP contribution in [0.2, 0.25) is 0 Å². The summed E-state index contributed by atoms with van der Waals surface area (Å²) in [5, 5.41) is 0. The highest BCUT2D eigenvalue weighted by atomic mass is 32.2. The summed E-state index contributed by atoms with van der Waals surface area (Å²) in [7, 11) is -3.92. The van der Waals surface area contributed by atoms with Gasteiger partial charge in [0.15, 0.2) is 0 Å². The number of hydrogen-bond donors (Lipinski definition) is 0. The predicted molar refractivity (Wildman–Crippen MR) is 123 cm³/mol. The van der Waals surface area contributed by atoms with Gasteiger partial charge in [-0.15, -0.1) is 0 Å². The molecule has 9 heteroatoms. The highest BCUT2D eigenvalue weighted by Crippen LogP contribution is 2.51. The summed E-state index contributed by atoms with van der Waals surface area (Å²) < 4.78 is 59.8. The van der Waals surface area contributed by atoms with Crippen LogP contribution in [-0.2, 0) is 25.0 Å². The number of halogens is 2. The molecule has 0 unspecified atom stereocenters. The van der Waals surface area contributed by atoms with Gasteiger partial charge in [0.25, 0.3) is 16.4 Å². The van der Waals surface area contributed by atoms with Crippen molar-refractivity contribution in [3.8, 4) is 0 Å². The quantitative estimate of drug-likeness (QED) is 0.647. The van der Waals surface area contributed by atoms with Crippen LogP contribution in [0.5, 0.6) is 0 Å². The zero-order valence-corrected chi connectivity index (χ0v) is 19.6. The van der Waals surface area contributed by atoms with Crippen LogP contribution in [-0.4, -0.2) is 52.1 Å².